The number of H-pyrrole nitrogens is 1. The van der Waals surface area contributed by atoms with Gasteiger partial charge in [0.15, 0.2) is 0 Å². The maximum absolute atomic E-state index is 13.3. The number of imidazole rings is 1. The molecule has 0 amide bonds. The molecule has 1 aromatic carbocycles. The lowest BCUT2D eigenvalue weighted by Gasteiger charge is -2.25. The van der Waals surface area contributed by atoms with Crippen molar-refractivity contribution in [2.24, 2.45) is 5.41 Å². The second-order valence-corrected chi connectivity index (χ2v) is 7.21. The fraction of sp³-hybridized carbons (Fsp3) is 0.364. The molecule has 0 atom stereocenters. The summed E-state index contributed by atoms with van der Waals surface area (Å²) < 4.78 is 39.5. The number of alkyl halides is 2. The molecule has 2 heterocycles. The molecule has 0 bridgehead atoms. The van der Waals surface area contributed by atoms with Crippen LogP contribution in [0.5, 0.6) is 0 Å². The van der Waals surface area contributed by atoms with Gasteiger partial charge in [0.2, 0.25) is 0 Å². The van der Waals surface area contributed by atoms with Crippen molar-refractivity contribution in [2.45, 2.75) is 32.6 Å². The van der Waals surface area contributed by atoms with Crippen LogP contribution >= 0.6 is 0 Å². The maximum Gasteiger partial charge on any atom is 0.141 e. The molecule has 2 aromatic heterocycles. The molecule has 1 N–H and O–H groups in total. The van der Waals surface area contributed by atoms with Gasteiger partial charge in [-0.25, -0.2) is 9.37 Å². The van der Waals surface area contributed by atoms with Gasteiger partial charge in [-0.2, -0.15) is 0 Å². The van der Waals surface area contributed by atoms with Crippen molar-refractivity contribution >= 4 is 0 Å². The van der Waals surface area contributed by atoms with E-state index >= 15 is 0 Å². The minimum atomic E-state index is -0.950. The minimum absolute atomic E-state index is 0.322. The molecule has 3 nitrogen and oxygen atoms in total. The number of aromatic amines is 1. The Morgan fingerprint density at radius 3 is 2.29 bits per heavy atom. The zero-order chi connectivity index (χ0) is 20.0. The average Bonchev–Trinajstić information content (AvgIpc) is 3.19. The monoisotopic (exact) mass is 387 g/mol. The standard InChI is InChI=1S/C22H24F3N3/c1-2-22(14-23,15-24)11-19-13-27-21(28-19)10-5-16-3-6-17(7-4-16)20-9-8-18(25)12-26-20/h3-4,6-9,12-13H,2,5,10-11,14-15H2,1H3,(H,27,28). The lowest BCUT2D eigenvalue weighted by molar-refractivity contribution is 0.144. The van der Waals surface area contributed by atoms with Gasteiger partial charge in [-0.05, 0) is 37.0 Å². The predicted octanol–water partition coefficient (Wildman–Crippen LogP) is 5.27. The Morgan fingerprint density at radius 2 is 1.68 bits per heavy atom. The molecule has 0 aliphatic heterocycles. The Hall–Kier alpha value is -2.63. The molecule has 0 fully saturated rings. The van der Waals surface area contributed by atoms with Crippen molar-refractivity contribution in [3.63, 3.8) is 0 Å². The van der Waals surface area contributed by atoms with Crippen molar-refractivity contribution in [3.8, 4) is 11.3 Å². The minimum Gasteiger partial charge on any atom is -0.346 e. The van der Waals surface area contributed by atoms with E-state index in [-0.39, 0.29) is 5.82 Å². The molecule has 28 heavy (non-hydrogen) atoms. The number of hydrogen-bond donors (Lipinski definition) is 1. The summed E-state index contributed by atoms with van der Waals surface area (Å²) in [6.45, 7) is 0.453. The summed E-state index contributed by atoms with van der Waals surface area (Å²) in [5, 5.41) is 0. The lowest BCUT2D eigenvalue weighted by Crippen LogP contribution is -2.28. The third-order valence-corrected chi connectivity index (χ3v) is 5.19. The Morgan fingerprint density at radius 1 is 0.929 bits per heavy atom. The van der Waals surface area contributed by atoms with Crippen LogP contribution in [0.2, 0.25) is 0 Å². The number of nitrogens with one attached hydrogen (secondary N) is 1. The number of benzene rings is 1. The van der Waals surface area contributed by atoms with Crippen LogP contribution in [-0.2, 0) is 19.3 Å². The number of pyridine rings is 1. The van der Waals surface area contributed by atoms with E-state index in [1.807, 2.05) is 31.2 Å². The highest BCUT2D eigenvalue weighted by Crippen LogP contribution is 2.28. The Bertz CT molecular complexity index is 861. The number of halogens is 3. The molecular formula is C22H24F3N3. The van der Waals surface area contributed by atoms with Gasteiger partial charge in [0, 0.05) is 29.3 Å². The van der Waals surface area contributed by atoms with E-state index in [2.05, 4.69) is 15.0 Å². The van der Waals surface area contributed by atoms with Crippen molar-refractivity contribution in [3.05, 3.63) is 71.7 Å². The first kappa shape index (κ1) is 20.1. The van der Waals surface area contributed by atoms with Gasteiger partial charge < -0.3 is 4.98 Å². The molecule has 148 valence electrons. The van der Waals surface area contributed by atoms with E-state index in [1.54, 1.807) is 12.3 Å². The largest absolute Gasteiger partial charge is 0.346 e. The smallest absolute Gasteiger partial charge is 0.141 e. The van der Waals surface area contributed by atoms with E-state index in [1.165, 1.54) is 12.3 Å². The molecule has 0 saturated heterocycles. The summed E-state index contributed by atoms with van der Waals surface area (Å²) in [6, 6.07) is 11.0. The topological polar surface area (TPSA) is 41.6 Å². The van der Waals surface area contributed by atoms with Gasteiger partial charge in [0.25, 0.3) is 0 Å². The molecular weight excluding hydrogens is 363 g/mol. The van der Waals surface area contributed by atoms with Crippen LogP contribution in [0.25, 0.3) is 11.3 Å². The highest BCUT2D eigenvalue weighted by atomic mass is 19.1. The number of nitrogens with zero attached hydrogens (tertiary/aromatic N) is 2. The van der Waals surface area contributed by atoms with Gasteiger partial charge in [0.1, 0.15) is 11.6 Å². The van der Waals surface area contributed by atoms with E-state index in [4.69, 9.17) is 0 Å². The van der Waals surface area contributed by atoms with Crippen LogP contribution in [-0.4, -0.2) is 28.3 Å². The molecule has 0 unspecified atom stereocenters. The van der Waals surface area contributed by atoms with E-state index in [0.717, 1.165) is 34.8 Å². The third kappa shape index (κ3) is 4.80. The normalized spacial score (nSPS) is 11.7. The maximum atomic E-state index is 13.3. The molecule has 0 aliphatic rings. The highest BCUT2D eigenvalue weighted by Gasteiger charge is 2.29. The number of rotatable bonds is 9. The highest BCUT2D eigenvalue weighted by molar-refractivity contribution is 5.59. The van der Waals surface area contributed by atoms with Gasteiger partial charge in [-0.15, -0.1) is 0 Å². The summed E-state index contributed by atoms with van der Waals surface area (Å²) >= 11 is 0. The summed E-state index contributed by atoms with van der Waals surface area (Å²) in [6.07, 6.45) is 5.14. The van der Waals surface area contributed by atoms with Gasteiger partial charge in [-0.3, -0.25) is 13.8 Å². The second kappa shape index (κ2) is 9.04. The van der Waals surface area contributed by atoms with E-state index < -0.39 is 18.8 Å². The van der Waals surface area contributed by atoms with Crippen molar-refractivity contribution in [2.75, 3.05) is 13.3 Å². The fourth-order valence-electron chi connectivity index (χ4n) is 3.12. The van der Waals surface area contributed by atoms with Gasteiger partial charge in [0.05, 0.1) is 25.2 Å². The molecule has 0 aliphatic carbocycles. The van der Waals surface area contributed by atoms with Crippen molar-refractivity contribution < 1.29 is 13.2 Å². The summed E-state index contributed by atoms with van der Waals surface area (Å²) in [5.41, 5.74) is 2.61. The zero-order valence-corrected chi connectivity index (χ0v) is 15.9. The van der Waals surface area contributed by atoms with Crippen LogP contribution in [0.15, 0.2) is 48.8 Å². The molecule has 0 radical (unpaired) electrons. The first-order valence-electron chi connectivity index (χ1n) is 9.43. The summed E-state index contributed by atoms with van der Waals surface area (Å²) in [4.78, 5) is 11.6. The zero-order valence-electron chi connectivity index (χ0n) is 15.9. The van der Waals surface area contributed by atoms with Crippen LogP contribution < -0.4 is 0 Å². The number of aryl methyl sites for hydroxylation is 2. The third-order valence-electron chi connectivity index (χ3n) is 5.19. The van der Waals surface area contributed by atoms with Crippen molar-refractivity contribution in [1.82, 2.24) is 15.0 Å². The first-order valence-corrected chi connectivity index (χ1v) is 9.43. The molecule has 3 rings (SSSR count). The number of aromatic nitrogens is 3. The number of hydrogen-bond acceptors (Lipinski definition) is 2. The van der Waals surface area contributed by atoms with E-state index in [0.29, 0.717) is 19.3 Å². The Labute approximate surface area is 163 Å². The van der Waals surface area contributed by atoms with Crippen molar-refractivity contribution in [1.29, 1.82) is 0 Å². The summed E-state index contributed by atoms with van der Waals surface area (Å²) in [7, 11) is 0. The SMILES string of the molecule is CCC(CF)(CF)Cc1cnc(CCc2ccc(-c3ccc(F)cn3)cc2)[nH]1. The fourth-order valence-corrected chi connectivity index (χ4v) is 3.12. The predicted molar refractivity (Wildman–Crippen MR) is 104 cm³/mol. The van der Waals surface area contributed by atoms with Crippen LogP contribution in [0, 0.1) is 11.2 Å². The van der Waals surface area contributed by atoms with E-state index in [9.17, 15) is 13.2 Å². The van der Waals surface area contributed by atoms with Crippen LogP contribution in [0.4, 0.5) is 13.2 Å². The quantitative estimate of drug-likeness (QED) is 0.543. The van der Waals surface area contributed by atoms with Gasteiger partial charge in [-0.1, -0.05) is 31.2 Å². The lowest BCUT2D eigenvalue weighted by atomic mass is 9.83. The van der Waals surface area contributed by atoms with Gasteiger partial charge >= 0.3 is 0 Å². The molecule has 6 heteroatoms. The van der Waals surface area contributed by atoms with Crippen LogP contribution in [0.1, 0.15) is 30.4 Å². The molecule has 3 aromatic rings. The first-order chi connectivity index (χ1) is 13.6. The summed E-state index contributed by atoms with van der Waals surface area (Å²) in [5.74, 6) is 0.453. The average molecular weight is 387 g/mol. The van der Waals surface area contributed by atoms with Crippen LogP contribution in [0.3, 0.4) is 0 Å². The Kier molecular flexibility index (Phi) is 6.49. The molecule has 0 spiro atoms. The Balaban J connectivity index is 1.59. The molecule has 0 saturated carbocycles. The second-order valence-electron chi connectivity index (χ2n) is 7.21.